The molecule has 0 fully saturated rings. The topological polar surface area (TPSA) is 21.3 Å². The van der Waals surface area contributed by atoms with Crippen LogP contribution in [0.15, 0.2) is 0 Å². The first kappa shape index (κ1) is 14.9. The molecule has 2 atom stereocenters. The van der Waals surface area contributed by atoms with Crippen molar-refractivity contribution in [2.75, 3.05) is 14.2 Å². The first-order chi connectivity index (χ1) is 7.29. The first-order valence-corrected chi connectivity index (χ1v) is 6.50. The van der Waals surface area contributed by atoms with E-state index in [0.717, 1.165) is 6.42 Å². The maximum absolute atomic E-state index is 5.47. The van der Waals surface area contributed by atoms with Gasteiger partial charge in [0.05, 0.1) is 6.10 Å². The highest BCUT2D eigenvalue weighted by Crippen LogP contribution is 2.12. The van der Waals surface area contributed by atoms with E-state index < -0.39 is 0 Å². The van der Waals surface area contributed by atoms with Crippen molar-refractivity contribution in [3.8, 4) is 0 Å². The van der Waals surface area contributed by atoms with Crippen LogP contribution in [-0.2, 0) is 4.74 Å². The summed E-state index contributed by atoms with van der Waals surface area (Å²) in [6.07, 6.45) is 9.50. The molecular weight excluding hydrogens is 186 g/mol. The van der Waals surface area contributed by atoms with Crippen LogP contribution in [0.4, 0.5) is 0 Å². The Bertz CT molecular complexity index is 124. The molecule has 0 spiro atoms. The summed E-state index contributed by atoms with van der Waals surface area (Å²) in [5.74, 6) is 0. The lowest BCUT2D eigenvalue weighted by atomic mass is 10.0. The summed E-state index contributed by atoms with van der Waals surface area (Å²) in [6.45, 7) is 4.45. The van der Waals surface area contributed by atoms with Gasteiger partial charge >= 0.3 is 0 Å². The molecular formula is C13H29NO. The molecule has 92 valence electrons. The highest BCUT2D eigenvalue weighted by Gasteiger charge is 2.16. The Kier molecular flexibility index (Phi) is 10.4. The molecule has 0 radical (unpaired) electrons. The van der Waals surface area contributed by atoms with Crippen molar-refractivity contribution in [1.29, 1.82) is 0 Å². The largest absolute Gasteiger partial charge is 0.380 e. The van der Waals surface area contributed by atoms with Crippen LogP contribution in [0.2, 0.25) is 0 Å². The van der Waals surface area contributed by atoms with Crippen LogP contribution < -0.4 is 5.32 Å². The van der Waals surface area contributed by atoms with Gasteiger partial charge in [0.2, 0.25) is 0 Å². The normalized spacial score (nSPS) is 15.2. The van der Waals surface area contributed by atoms with Crippen LogP contribution >= 0.6 is 0 Å². The Balaban J connectivity index is 3.60. The molecule has 2 unspecified atom stereocenters. The number of likely N-dealkylation sites (N-methyl/N-ethyl adjacent to an activating group) is 1. The highest BCUT2D eigenvalue weighted by atomic mass is 16.5. The van der Waals surface area contributed by atoms with Crippen molar-refractivity contribution in [2.24, 2.45) is 0 Å². The fourth-order valence-electron chi connectivity index (χ4n) is 2.10. The van der Waals surface area contributed by atoms with Crippen molar-refractivity contribution < 1.29 is 4.74 Å². The third-order valence-corrected chi connectivity index (χ3v) is 3.14. The minimum atomic E-state index is 0.376. The molecule has 0 aliphatic rings. The Morgan fingerprint density at radius 1 is 1.07 bits per heavy atom. The number of hydrogen-bond donors (Lipinski definition) is 1. The molecule has 0 aromatic carbocycles. The number of nitrogens with one attached hydrogen (secondary N) is 1. The predicted molar refractivity (Wildman–Crippen MR) is 67.3 cm³/mol. The second-order valence-corrected chi connectivity index (χ2v) is 4.28. The maximum Gasteiger partial charge on any atom is 0.0721 e. The van der Waals surface area contributed by atoms with Crippen LogP contribution in [0.25, 0.3) is 0 Å². The van der Waals surface area contributed by atoms with E-state index >= 15 is 0 Å². The molecule has 0 aromatic heterocycles. The number of ether oxygens (including phenoxy) is 1. The van der Waals surface area contributed by atoms with Crippen LogP contribution in [0, 0.1) is 0 Å². The first-order valence-electron chi connectivity index (χ1n) is 6.50. The van der Waals surface area contributed by atoms with Gasteiger partial charge in [-0.05, 0) is 19.9 Å². The zero-order valence-corrected chi connectivity index (χ0v) is 11.0. The maximum atomic E-state index is 5.47. The van der Waals surface area contributed by atoms with Crippen molar-refractivity contribution in [2.45, 2.75) is 70.9 Å². The number of rotatable bonds is 10. The van der Waals surface area contributed by atoms with Crippen LogP contribution in [0.1, 0.15) is 58.8 Å². The van der Waals surface area contributed by atoms with Crippen molar-refractivity contribution >= 4 is 0 Å². The van der Waals surface area contributed by atoms with E-state index in [0.29, 0.717) is 12.1 Å². The van der Waals surface area contributed by atoms with Gasteiger partial charge in [0.1, 0.15) is 0 Å². The highest BCUT2D eigenvalue weighted by molar-refractivity contribution is 4.74. The molecule has 0 amide bonds. The lowest BCUT2D eigenvalue weighted by molar-refractivity contribution is 0.0641. The van der Waals surface area contributed by atoms with Gasteiger partial charge < -0.3 is 10.1 Å². The standard InChI is InChI=1S/C13H29NO/c1-5-7-8-9-10-11-12(14-3)13(6-2)15-4/h12-14H,5-11H2,1-4H3. The van der Waals surface area contributed by atoms with E-state index in [1.165, 1.54) is 38.5 Å². The summed E-state index contributed by atoms with van der Waals surface area (Å²) in [7, 11) is 3.86. The molecule has 0 bridgehead atoms. The minimum absolute atomic E-state index is 0.376. The van der Waals surface area contributed by atoms with Gasteiger partial charge in [0.25, 0.3) is 0 Å². The Labute approximate surface area is 95.8 Å². The SMILES string of the molecule is CCCCCCCC(NC)C(CC)OC. The fourth-order valence-corrected chi connectivity index (χ4v) is 2.10. The zero-order valence-electron chi connectivity index (χ0n) is 11.0. The van der Waals surface area contributed by atoms with Gasteiger partial charge in [-0.3, -0.25) is 0 Å². The van der Waals surface area contributed by atoms with Gasteiger partial charge in [-0.15, -0.1) is 0 Å². The molecule has 0 aliphatic heterocycles. The summed E-state index contributed by atoms with van der Waals surface area (Å²) < 4.78 is 5.47. The van der Waals surface area contributed by atoms with E-state index in [2.05, 4.69) is 19.2 Å². The van der Waals surface area contributed by atoms with E-state index in [4.69, 9.17) is 4.74 Å². The Morgan fingerprint density at radius 2 is 1.73 bits per heavy atom. The molecule has 0 rings (SSSR count). The molecule has 2 heteroatoms. The number of unbranched alkanes of at least 4 members (excludes halogenated alkanes) is 4. The third kappa shape index (κ3) is 6.91. The Hall–Kier alpha value is -0.0800. The monoisotopic (exact) mass is 215 g/mol. The van der Waals surface area contributed by atoms with Crippen molar-refractivity contribution in [3.63, 3.8) is 0 Å². The predicted octanol–water partition coefficient (Wildman–Crippen LogP) is 3.36. The summed E-state index contributed by atoms with van der Waals surface area (Å²) in [4.78, 5) is 0. The van der Waals surface area contributed by atoms with Gasteiger partial charge in [0.15, 0.2) is 0 Å². The minimum Gasteiger partial charge on any atom is -0.380 e. The van der Waals surface area contributed by atoms with Crippen LogP contribution in [-0.4, -0.2) is 26.3 Å². The smallest absolute Gasteiger partial charge is 0.0721 e. The van der Waals surface area contributed by atoms with Crippen molar-refractivity contribution in [3.05, 3.63) is 0 Å². The average molecular weight is 215 g/mol. The molecule has 0 saturated heterocycles. The molecule has 15 heavy (non-hydrogen) atoms. The average Bonchev–Trinajstić information content (AvgIpc) is 2.27. The Morgan fingerprint density at radius 3 is 2.20 bits per heavy atom. The van der Waals surface area contributed by atoms with Crippen LogP contribution in [0.5, 0.6) is 0 Å². The number of methoxy groups -OCH3 is 1. The van der Waals surface area contributed by atoms with Gasteiger partial charge in [-0.1, -0.05) is 46.0 Å². The molecule has 0 heterocycles. The second kappa shape index (κ2) is 10.4. The van der Waals surface area contributed by atoms with E-state index in [-0.39, 0.29) is 0 Å². The van der Waals surface area contributed by atoms with E-state index in [9.17, 15) is 0 Å². The van der Waals surface area contributed by atoms with E-state index in [1.54, 1.807) is 0 Å². The molecule has 0 aromatic rings. The number of hydrogen-bond acceptors (Lipinski definition) is 2. The third-order valence-electron chi connectivity index (χ3n) is 3.14. The molecule has 1 N–H and O–H groups in total. The quantitative estimate of drug-likeness (QED) is 0.564. The van der Waals surface area contributed by atoms with Crippen LogP contribution in [0.3, 0.4) is 0 Å². The molecule has 0 aliphatic carbocycles. The summed E-state index contributed by atoms with van der Waals surface area (Å²) in [5.41, 5.74) is 0. The second-order valence-electron chi connectivity index (χ2n) is 4.28. The summed E-state index contributed by atoms with van der Waals surface area (Å²) in [6, 6.07) is 0.529. The zero-order chi connectivity index (χ0) is 11.5. The van der Waals surface area contributed by atoms with Gasteiger partial charge in [-0.2, -0.15) is 0 Å². The van der Waals surface area contributed by atoms with E-state index in [1.807, 2.05) is 14.2 Å². The lowest BCUT2D eigenvalue weighted by Gasteiger charge is -2.24. The molecule has 0 saturated carbocycles. The van der Waals surface area contributed by atoms with Crippen molar-refractivity contribution in [1.82, 2.24) is 5.32 Å². The fraction of sp³-hybridized carbons (Fsp3) is 1.00. The van der Waals surface area contributed by atoms with Gasteiger partial charge in [0, 0.05) is 13.2 Å². The van der Waals surface area contributed by atoms with Gasteiger partial charge in [-0.25, -0.2) is 0 Å². The molecule has 2 nitrogen and oxygen atoms in total. The summed E-state index contributed by atoms with van der Waals surface area (Å²) >= 11 is 0. The lowest BCUT2D eigenvalue weighted by Crippen LogP contribution is -2.38. The summed E-state index contributed by atoms with van der Waals surface area (Å²) in [5, 5.41) is 3.37.